The Morgan fingerprint density at radius 2 is 1.61 bits per heavy atom. The fourth-order valence-electron chi connectivity index (χ4n) is 5.15. The lowest BCUT2D eigenvalue weighted by molar-refractivity contribution is -0.120. The highest BCUT2D eigenvalue weighted by Gasteiger charge is 2.44. The Balaban J connectivity index is 1.76. The predicted molar refractivity (Wildman–Crippen MR) is 125 cm³/mol. The Kier molecular flexibility index (Phi) is 4.75. The van der Waals surface area contributed by atoms with Crippen molar-refractivity contribution in [2.75, 3.05) is 4.90 Å². The van der Waals surface area contributed by atoms with E-state index >= 15 is 0 Å². The van der Waals surface area contributed by atoms with Crippen molar-refractivity contribution in [2.24, 2.45) is 5.41 Å². The van der Waals surface area contributed by atoms with Crippen molar-refractivity contribution in [1.82, 2.24) is 0 Å². The lowest BCUT2D eigenvalue weighted by atomic mass is 9.69. The van der Waals surface area contributed by atoms with Gasteiger partial charge in [0, 0.05) is 30.0 Å². The third-order valence-electron chi connectivity index (χ3n) is 6.44. The van der Waals surface area contributed by atoms with Crippen LogP contribution in [0.3, 0.4) is 0 Å². The van der Waals surface area contributed by atoms with Gasteiger partial charge in [0.25, 0.3) is 0 Å². The molecule has 1 aliphatic carbocycles. The largest absolute Gasteiger partial charge is 0.294 e. The zero-order valence-corrected chi connectivity index (χ0v) is 18.4. The van der Waals surface area contributed by atoms with Crippen molar-refractivity contribution in [3.05, 3.63) is 88.6 Å². The van der Waals surface area contributed by atoms with Crippen LogP contribution in [-0.4, -0.2) is 11.7 Å². The standard InChI is InChI=1S/C27H24ClNO2/c1-27(2)15-23-26(24(30)16-27)20(19-11-7-9-17-8-3-4-10-18(17)19)14-25(31)29(23)22-13-6-5-12-21(22)28/h3-13,20H,14-16H2,1-2H3. The molecule has 2 aliphatic rings. The van der Waals surface area contributed by atoms with E-state index in [0.29, 0.717) is 23.6 Å². The number of hydrogen-bond acceptors (Lipinski definition) is 2. The molecule has 0 N–H and O–H groups in total. The molecule has 0 bridgehead atoms. The maximum absolute atomic E-state index is 13.6. The summed E-state index contributed by atoms with van der Waals surface area (Å²) in [5.74, 6) is -0.125. The van der Waals surface area contributed by atoms with Crippen LogP contribution in [0.5, 0.6) is 0 Å². The second kappa shape index (κ2) is 7.35. The van der Waals surface area contributed by atoms with Crippen molar-refractivity contribution in [3.63, 3.8) is 0 Å². The molecule has 3 nitrogen and oxygen atoms in total. The van der Waals surface area contributed by atoms with E-state index in [9.17, 15) is 9.59 Å². The first-order valence-electron chi connectivity index (χ1n) is 10.7. The van der Waals surface area contributed by atoms with Gasteiger partial charge in [-0.15, -0.1) is 0 Å². The van der Waals surface area contributed by atoms with Crippen LogP contribution >= 0.6 is 11.6 Å². The molecule has 31 heavy (non-hydrogen) atoms. The van der Waals surface area contributed by atoms with Gasteiger partial charge in [0.2, 0.25) is 5.91 Å². The highest BCUT2D eigenvalue weighted by atomic mass is 35.5. The molecule has 1 aliphatic heterocycles. The zero-order valence-electron chi connectivity index (χ0n) is 17.7. The number of amides is 1. The second-order valence-corrected chi connectivity index (χ2v) is 9.71. The lowest BCUT2D eigenvalue weighted by Crippen LogP contribution is -2.43. The van der Waals surface area contributed by atoms with E-state index in [1.807, 2.05) is 36.4 Å². The third kappa shape index (κ3) is 3.37. The number of rotatable bonds is 2. The van der Waals surface area contributed by atoms with Crippen molar-refractivity contribution in [3.8, 4) is 0 Å². The van der Waals surface area contributed by atoms with Crippen LogP contribution < -0.4 is 4.90 Å². The fraction of sp³-hybridized carbons (Fsp3) is 0.259. The summed E-state index contributed by atoms with van der Waals surface area (Å²) in [5, 5.41) is 2.73. The van der Waals surface area contributed by atoms with Crippen molar-refractivity contribution >= 4 is 39.8 Å². The van der Waals surface area contributed by atoms with Gasteiger partial charge in [-0.3, -0.25) is 14.5 Å². The molecule has 4 heteroatoms. The molecule has 0 radical (unpaired) electrons. The second-order valence-electron chi connectivity index (χ2n) is 9.31. The Labute approximate surface area is 187 Å². The topological polar surface area (TPSA) is 37.4 Å². The molecule has 0 aromatic heterocycles. The van der Waals surface area contributed by atoms with Crippen LogP contribution in [0, 0.1) is 5.41 Å². The number of para-hydroxylation sites is 1. The molecule has 1 atom stereocenters. The van der Waals surface area contributed by atoms with E-state index in [2.05, 4.69) is 38.1 Å². The van der Waals surface area contributed by atoms with Crippen LogP contribution in [0.4, 0.5) is 5.69 Å². The van der Waals surface area contributed by atoms with E-state index in [1.165, 1.54) is 0 Å². The SMILES string of the molecule is CC1(C)CC(=O)C2=C(C1)N(c1ccccc1Cl)C(=O)CC2c1cccc2ccccc12. The number of nitrogens with zero attached hydrogens (tertiary/aromatic N) is 1. The van der Waals surface area contributed by atoms with E-state index in [0.717, 1.165) is 27.6 Å². The number of Topliss-reactive ketones (excluding diaryl/α,β-unsaturated/α-hetero) is 1. The Hall–Kier alpha value is -2.91. The predicted octanol–water partition coefficient (Wildman–Crippen LogP) is 6.66. The zero-order chi connectivity index (χ0) is 21.8. The quantitative estimate of drug-likeness (QED) is 0.457. The van der Waals surface area contributed by atoms with Crippen LogP contribution in [0.15, 0.2) is 78.0 Å². The highest BCUT2D eigenvalue weighted by molar-refractivity contribution is 6.34. The van der Waals surface area contributed by atoms with Crippen LogP contribution in [-0.2, 0) is 9.59 Å². The summed E-state index contributed by atoms with van der Waals surface area (Å²) < 4.78 is 0. The van der Waals surface area contributed by atoms with Gasteiger partial charge in [-0.1, -0.05) is 80.0 Å². The van der Waals surface area contributed by atoms with Crippen molar-refractivity contribution in [1.29, 1.82) is 0 Å². The summed E-state index contributed by atoms with van der Waals surface area (Å²) in [4.78, 5) is 28.8. The Bertz CT molecular complexity index is 1250. The van der Waals surface area contributed by atoms with E-state index in [-0.39, 0.29) is 29.4 Å². The smallest absolute Gasteiger partial charge is 0.232 e. The number of fused-ring (bicyclic) bond motifs is 1. The molecular weight excluding hydrogens is 406 g/mol. The number of halogens is 1. The van der Waals surface area contributed by atoms with E-state index < -0.39 is 0 Å². The minimum absolute atomic E-state index is 0.0183. The molecule has 0 spiro atoms. The Morgan fingerprint density at radius 1 is 0.903 bits per heavy atom. The highest BCUT2D eigenvalue weighted by Crippen LogP contribution is 2.49. The average Bonchev–Trinajstić information content (AvgIpc) is 2.73. The summed E-state index contributed by atoms with van der Waals surface area (Å²) >= 11 is 6.49. The number of anilines is 1. The van der Waals surface area contributed by atoms with Crippen molar-refractivity contribution in [2.45, 2.75) is 39.0 Å². The monoisotopic (exact) mass is 429 g/mol. The first-order chi connectivity index (χ1) is 14.9. The van der Waals surface area contributed by atoms with Gasteiger partial charge < -0.3 is 0 Å². The Morgan fingerprint density at radius 3 is 2.42 bits per heavy atom. The number of ketones is 1. The number of benzene rings is 3. The lowest BCUT2D eigenvalue weighted by Gasteiger charge is -2.43. The molecule has 3 aromatic carbocycles. The van der Waals surface area contributed by atoms with Crippen LogP contribution in [0.2, 0.25) is 5.02 Å². The van der Waals surface area contributed by atoms with E-state index in [1.54, 1.807) is 11.0 Å². The van der Waals surface area contributed by atoms with Gasteiger partial charge >= 0.3 is 0 Å². The number of allylic oxidation sites excluding steroid dienone is 2. The van der Waals surface area contributed by atoms with Crippen LogP contribution in [0.1, 0.15) is 44.6 Å². The molecule has 5 rings (SSSR count). The van der Waals surface area contributed by atoms with Crippen LogP contribution in [0.25, 0.3) is 10.8 Å². The molecule has 156 valence electrons. The molecule has 1 unspecified atom stereocenters. The molecular formula is C27H24ClNO2. The van der Waals surface area contributed by atoms with Gasteiger partial charge in [0.1, 0.15) is 0 Å². The summed E-state index contributed by atoms with van der Waals surface area (Å²) in [6, 6.07) is 21.7. The van der Waals surface area contributed by atoms with Gasteiger partial charge in [-0.25, -0.2) is 0 Å². The first kappa shape index (κ1) is 20.0. The fourth-order valence-corrected chi connectivity index (χ4v) is 5.37. The average molecular weight is 430 g/mol. The molecule has 0 fully saturated rings. The van der Waals surface area contributed by atoms with Gasteiger partial charge in [-0.05, 0) is 40.3 Å². The minimum atomic E-state index is -0.240. The summed E-state index contributed by atoms with van der Waals surface area (Å²) in [6.45, 7) is 4.18. The van der Waals surface area contributed by atoms with Gasteiger partial charge in [0.05, 0.1) is 10.7 Å². The maximum Gasteiger partial charge on any atom is 0.232 e. The summed E-state index contributed by atoms with van der Waals surface area (Å²) in [6.07, 6.45) is 1.40. The van der Waals surface area contributed by atoms with Gasteiger partial charge in [0.15, 0.2) is 5.78 Å². The van der Waals surface area contributed by atoms with Gasteiger partial charge in [-0.2, -0.15) is 0 Å². The molecule has 1 heterocycles. The number of carbonyl (C=O) groups is 2. The summed E-state index contributed by atoms with van der Waals surface area (Å²) in [7, 11) is 0. The maximum atomic E-state index is 13.6. The summed E-state index contributed by atoms with van der Waals surface area (Å²) in [5.41, 5.74) is 3.07. The van der Waals surface area contributed by atoms with E-state index in [4.69, 9.17) is 11.6 Å². The molecule has 1 amide bonds. The normalized spacial score (nSPS) is 20.9. The number of hydrogen-bond donors (Lipinski definition) is 0. The molecule has 0 saturated carbocycles. The molecule has 0 saturated heterocycles. The number of carbonyl (C=O) groups excluding carboxylic acids is 2. The molecule has 3 aromatic rings. The van der Waals surface area contributed by atoms with Crippen molar-refractivity contribution < 1.29 is 9.59 Å². The minimum Gasteiger partial charge on any atom is -0.294 e. The third-order valence-corrected chi connectivity index (χ3v) is 6.75. The first-order valence-corrected chi connectivity index (χ1v) is 11.0.